The van der Waals surface area contributed by atoms with Crippen molar-refractivity contribution >= 4 is 5.91 Å². The zero-order chi connectivity index (χ0) is 18.0. The first-order valence-electron chi connectivity index (χ1n) is 7.88. The minimum atomic E-state index is -0.401. The van der Waals surface area contributed by atoms with Gasteiger partial charge in [-0.2, -0.15) is 5.10 Å². The van der Waals surface area contributed by atoms with Gasteiger partial charge in [-0.1, -0.05) is 6.07 Å². The van der Waals surface area contributed by atoms with Gasteiger partial charge in [0, 0.05) is 25.8 Å². The standard InChI is InChI=1S/C17H19FN6O/c1-12(2)23(17(25)15-8-22(3)11-20-15)7-13-4-5-14(18)16(6-13)24-10-19-9-21-24/h4-6,8-12H,7H2,1-3H3. The summed E-state index contributed by atoms with van der Waals surface area (Å²) in [6.07, 6.45) is 6.05. The number of nitrogens with zero attached hydrogens (tertiary/aromatic N) is 6. The maximum absolute atomic E-state index is 14.1. The highest BCUT2D eigenvalue weighted by Crippen LogP contribution is 2.18. The zero-order valence-electron chi connectivity index (χ0n) is 14.3. The Morgan fingerprint density at radius 2 is 2.12 bits per heavy atom. The first-order chi connectivity index (χ1) is 12.0. The van der Waals surface area contributed by atoms with Crippen molar-refractivity contribution in [2.24, 2.45) is 7.05 Å². The number of benzene rings is 1. The number of hydrogen-bond donors (Lipinski definition) is 0. The van der Waals surface area contributed by atoms with Crippen molar-refractivity contribution in [3.8, 4) is 5.69 Å². The largest absolute Gasteiger partial charge is 0.340 e. The van der Waals surface area contributed by atoms with Crippen LogP contribution in [0.4, 0.5) is 4.39 Å². The number of imidazole rings is 1. The van der Waals surface area contributed by atoms with E-state index < -0.39 is 5.82 Å². The van der Waals surface area contributed by atoms with E-state index in [0.29, 0.717) is 17.9 Å². The molecular weight excluding hydrogens is 323 g/mol. The molecule has 8 heteroatoms. The lowest BCUT2D eigenvalue weighted by Gasteiger charge is -2.26. The Labute approximate surface area is 144 Å². The quantitative estimate of drug-likeness (QED) is 0.713. The van der Waals surface area contributed by atoms with Crippen LogP contribution in [0, 0.1) is 5.82 Å². The van der Waals surface area contributed by atoms with E-state index in [4.69, 9.17) is 0 Å². The molecule has 0 unspecified atom stereocenters. The molecule has 0 saturated carbocycles. The zero-order valence-corrected chi connectivity index (χ0v) is 14.3. The number of amides is 1. The molecule has 0 aliphatic carbocycles. The molecule has 3 aromatic rings. The van der Waals surface area contributed by atoms with Gasteiger partial charge in [0.2, 0.25) is 0 Å². The van der Waals surface area contributed by atoms with E-state index in [9.17, 15) is 9.18 Å². The van der Waals surface area contributed by atoms with Gasteiger partial charge in [-0.3, -0.25) is 4.79 Å². The van der Waals surface area contributed by atoms with Gasteiger partial charge in [0.05, 0.1) is 6.33 Å². The maximum atomic E-state index is 14.1. The lowest BCUT2D eigenvalue weighted by atomic mass is 10.1. The fourth-order valence-electron chi connectivity index (χ4n) is 2.52. The van der Waals surface area contributed by atoms with Crippen molar-refractivity contribution in [3.05, 3.63) is 60.5 Å². The number of aryl methyl sites for hydroxylation is 1. The Morgan fingerprint density at radius 1 is 1.32 bits per heavy atom. The molecule has 2 heterocycles. The van der Waals surface area contributed by atoms with Gasteiger partial charge in [0.25, 0.3) is 5.91 Å². The molecule has 7 nitrogen and oxygen atoms in total. The van der Waals surface area contributed by atoms with E-state index in [1.807, 2.05) is 20.9 Å². The van der Waals surface area contributed by atoms with Crippen molar-refractivity contribution in [3.63, 3.8) is 0 Å². The lowest BCUT2D eigenvalue weighted by molar-refractivity contribution is 0.0684. The smallest absolute Gasteiger partial charge is 0.274 e. The average Bonchev–Trinajstić information content (AvgIpc) is 3.24. The summed E-state index contributed by atoms with van der Waals surface area (Å²) >= 11 is 0. The monoisotopic (exact) mass is 342 g/mol. The van der Waals surface area contributed by atoms with Crippen molar-refractivity contribution in [2.45, 2.75) is 26.4 Å². The SMILES string of the molecule is CC(C)N(Cc1ccc(F)c(-n2cncn2)c1)C(=O)c1cn(C)cn1. The van der Waals surface area contributed by atoms with Gasteiger partial charge in [-0.15, -0.1) is 0 Å². The highest BCUT2D eigenvalue weighted by molar-refractivity contribution is 5.92. The normalized spacial score (nSPS) is 11.1. The molecule has 0 N–H and O–H groups in total. The Kier molecular flexibility index (Phi) is 4.60. The molecule has 25 heavy (non-hydrogen) atoms. The van der Waals surface area contributed by atoms with Crippen LogP contribution in [0.2, 0.25) is 0 Å². The van der Waals surface area contributed by atoms with E-state index in [1.165, 1.54) is 23.4 Å². The third-order valence-corrected chi connectivity index (χ3v) is 3.84. The number of carbonyl (C=O) groups excluding carboxylic acids is 1. The van der Waals surface area contributed by atoms with Crippen molar-refractivity contribution in [2.75, 3.05) is 0 Å². The van der Waals surface area contributed by atoms with Crippen LogP contribution in [-0.4, -0.2) is 41.2 Å². The van der Waals surface area contributed by atoms with Crippen LogP contribution in [0.15, 0.2) is 43.4 Å². The van der Waals surface area contributed by atoms with Gasteiger partial charge in [-0.05, 0) is 31.5 Å². The molecule has 0 atom stereocenters. The average molecular weight is 342 g/mol. The van der Waals surface area contributed by atoms with Crippen LogP contribution in [0.5, 0.6) is 0 Å². The van der Waals surface area contributed by atoms with E-state index in [2.05, 4.69) is 15.1 Å². The van der Waals surface area contributed by atoms with Crippen LogP contribution >= 0.6 is 0 Å². The minimum Gasteiger partial charge on any atom is -0.340 e. The summed E-state index contributed by atoms with van der Waals surface area (Å²) in [4.78, 5) is 22.4. The lowest BCUT2D eigenvalue weighted by Crippen LogP contribution is -2.36. The summed E-state index contributed by atoms with van der Waals surface area (Å²) in [6.45, 7) is 4.21. The first kappa shape index (κ1) is 16.8. The van der Waals surface area contributed by atoms with E-state index in [0.717, 1.165) is 5.56 Å². The van der Waals surface area contributed by atoms with Crippen molar-refractivity contribution in [1.82, 2.24) is 29.2 Å². The van der Waals surface area contributed by atoms with Gasteiger partial charge >= 0.3 is 0 Å². The van der Waals surface area contributed by atoms with Crippen LogP contribution in [-0.2, 0) is 13.6 Å². The van der Waals surface area contributed by atoms with Crippen molar-refractivity contribution in [1.29, 1.82) is 0 Å². The number of aromatic nitrogens is 5. The molecule has 3 rings (SSSR count). The molecule has 1 aromatic carbocycles. The second-order valence-electron chi connectivity index (χ2n) is 6.08. The van der Waals surface area contributed by atoms with E-state index in [-0.39, 0.29) is 11.9 Å². The molecule has 130 valence electrons. The molecule has 0 aliphatic heterocycles. The molecule has 0 bridgehead atoms. The van der Waals surface area contributed by atoms with Gasteiger partial charge in [0.1, 0.15) is 29.9 Å². The van der Waals surface area contributed by atoms with Crippen LogP contribution in [0.25, 0.3) is 5.69 Å². The molecule has 0 fully saturated rings. The van der Waals surface area contributed by atoms with Gasteiger partial charge < -0.3 is 9.47 Å². The number of halogens is 1. The topological polar surface area (TPSA) is 68.8 Å². The fraction of sp³-hybridized carbons (Fsp3) is 0.294. The first-order valence-corrected chi connectivity index (χ1v) is 7.88. The third kappa shape index (κ3) is 3.57. The van der Waals surface area contributed by atoms with Crippen LogP contribution in [0.1, 0.15) is 29.9 Å². The second-order valence-corrected chi connectivity index (χ2v) is 6.08. The molecule has 1 amide bonds. The Hall–Kier alpha value is -3.03. The van der Waals surface area contributed by atoms with Crippen LogP contribution in [0.3, 0.4) is 0 Å². The molecule has 0 radical (unpaired) electrons. The Morgan fingerprint density at radius 3 is 2.72 bits per heavy atom. The maximum Gasteiger partial charge on any atom is 0.274 e. The Bertz CT molecular complexity index is 871. The van der Waals surface area contributed by atoms with E-state index >= 15 is 0 Å². The summed E-state index contributed by atoms with van der Waals surface area (Å²) in [7, 11) is 1.81. The number of rotatable bonds is 5. The van der Waals surface area contributed by atoms with E-state index in [1.54, 1.807) is 34.1 Å². The minimum absolute atomic E-state index is 0.0330. The summed E-state index contributed by atoms with van der Waals surface area (Å²) < 4.78 is 17.2. The fourth-order valence-corrected chi connectivity index (χ4v) is 2.52. The molecule has 0 saturated heterocycles. The third-order valence-electron chi connectivity index (χ3n) is 3.84. The predicted octanol–water partition coefficient (Wildman–Crippen LogP) is 2.19. The molecule has 0 spiro atoms. The molecular formula is C17H19FN6O. The summed E-state index contributed by atoms with van der Waals surface area (Å²) in [6, 6.07) is 4.67. The predicted molar refractivity (Wildman–Crippen MR) is 89.5 cm³/mol. The highest BCUT2D eigenvalue weighted by Gasteiger charge is 2.21. The second kappa shape index (κ2) is 6.84. The summed E-state index contributed by atoms with van der Waals surface area (Å²) in [5.74, 6) is -0.566. The summed E-state index contributed by atoms with van der Waals surface area (Å²) in [5, 5.41) is 3.96. The van der Waals surface area contributed by atoms with Crippen molar-refractivity contribution < 1.29 is 9.18 Å². The molecule has 0 aliphatic rings. The summed E-state index contributed by atoms with van der Waals surface area (Å²) in [5.41, 5.74) is 1.48. The number of carbonyl (C=O) groups is 1. The molecule has 2 aromatic heterocycles. The van der Waals surface area contributed by atoms with Crippen LogP contribution < -0.4 is 0 Å². The van der Waals surface area contributed by atoms with Gasteiger partial charge in [-0.25, -0.2) is 19.0 Å². The number of hydrogen-bond acceptors (Lipinski definition) is 4. The Balaban J connectivity index is 1.88. The highest BCUT2D eigenvalue weighted by atomic mass is 19.1. The van der Waals surface area contributed by atoms with Gasteiger partial charge in [0.15, 0.2) is 0 Å².